The van der Waals surface area contributed by atoms with Crippen LogP contribution < -0.4 is 9.64 Å². The van der Waals surface area contributed by atoms with Gasteiger partial charge in [0.1, 0.15) is 0 Å². The first kappa shape index (κ1) is 20.3. The third-order valence-electron chi connectivity index (χ3n) is 5.15. The van der Waals surface area contributed by atoms with Crippen LogP contribution in [0.4, 0.5) is 5.69 Å². The zero-order valence-corrected chi connectivity index (χ0v) is 18.3. The fourth-order valence-electron chi connectivity index (χ4n) is 3.50. The first-order chi connectivity index (χ1) is 14.5. The summed E-state index contributed by atoms with van der Waals surface area (Å²) in [6.45, 7) is 6.16. The average molecular weight is 421 g/mol. The normalized spacial score (nSPS) is 15.2. The highest BCUT2D eigenvalue weighted by Crippen LogP contribution is 2.43. The summed E-state index contributed by atoms with van der Waals surface area (Å²) in [5.41, 5.74) is 4.18. The molecule has 2 aromatic carbocycles. The number of carbonyl (C=O) groups excluding carboxylic acids is 1. The third-order valence-corrected chi connectivity index (χ3v) is 5.69. The first-order valence-electron chi connectivity index (χ1n) is 10.00. The molecule has 1 unspecified atom stereocenters. The van der Waals surface area contributed by atoms with Crippen molar-refractivity contribution in [2.24, 2.45) is 0 Å². The van der Waals surface area contributed by atoms with Crippen LogP contribution in [0, 0.1) is 0 Å². The van der Waals surface area contributed by atoms with Gasteiger partial charge in [-0.2, -0.15) is 4.98 Å². The minimum Gasteiger partial charge on any atom is -0.447 e. The molecule has 0 radical (unpaired) electrons. The number of carbonyl (C=O) groups is 1. The van der Waals surface area contributed by atoms with Crippen LogP contribution in [0.2, 0.25) is 0 Å². The molecule has 3 aromatic rings. The molecule has 7 heteroatoms. The quantitative estimate of drug-likeness (QED) is 0.539. The average Bonchev–Trinajstić information content (AvgIpc) is 2.92. The number of ether oxygens (including phenoxy) is 1. The number of fused-ring (bicyclic) bond motifs is 3. The summed E-state index contributed by atoms with van der Waals surface area (Å²) < 4.78 is 6.38. The molecule has 0 bridgehead atoms. The molecule has 1 atom stereocenters. The van der Waals surface area contributed by atoms with Crippen LogP contribution in [-0.2, 0) is 4.79 Å². The first-order valence-corrected chi connectivity index (χ1v) is 11.2. The molecule has 0 spiro atoms. The molecule has 6 nitrogen and oxygen atoms in total. The van der Waals surface area contributed by atoms with E-state index in [0.717, 1.165) is 16.8 Å². The van der Waals surface area contributed by atoms with E-state index in [9.17, 15) is 4.79 Å². The number of amides is 1. The van der Waals surface area contributed by atoms with Gasteiger partial charge in [-0.05, 0) is 23.8 Å². The van der Waals surface area contributed by atoms with Gasteiger partial charge in [0.2, 0.25) is 23.2 Å². The van der Waals surface area contributed by atoms with Crippen molar-refractivity contribution in [2.45, 2.75) is 44.5 Å². The van der Waals surface area contributed by atoms with Crippen LogP contribution in [0.15, 0.2) is 53.7 Å². The predicted molar refractivity (Wildman–Crippen MR) is 119 cm³/mol. The van der Waals surface area contributed by atoms with Gasteiger partial charge in [-0.15, -0.1) is 10.2 Å². The van der Waals surface area contributed by atoms with Crippen LogP contribution in [0.5, 0.6) is 5.88 Å². The molecule has 30 heavy (non-hydrogen) atoms. The van der Waals surface area contributed by atoms with Gasteiger partial charge in [0.05, 0.1) is 5.69 Å². The zero-order valence-electron chi connectivity index (χ0n) is 17.5. The Bertz CT molecular complexity index is 1070. The number of hydrogen-bond acceptors (Lipinski definition) is 6. The second-order valence-corrected chi connectivity index (χ2v) is 8.15. The fraction of sp³-hybridized carbons (Fsp3) is 0.304. The van der Waals surface area contributed by atoms with Gasteiger partial charge < -0.3 is 4.74 Å². The van der Waals surface area contributed by atoms with E-state index in [2.05, 4.69) is 41.2 Å². The summed E-state index contributed by atoms with van der Waals surface area (Å²) >= 11 is 1.40. The number of para-hydroxylation sites is 1. The summed E-state index contributed by atoms with van der Waals surface area (Å²) in [7, 11) is 0. The molecule has 2 heterocycles. The van der Waals surface area contributed by atoms with Gasteiger partial charge in [0, 0.05) is 17.5 Å². The maximum atomic E-state index is 13.1. The molecule has 0 N–H and O–H groups in total. The zero-order chi connectivity index (χ0) is 21.3. The number of aromatic nitrogens is 3. The molecular formula is C23H24N4O2S. The van der Waals surface area contributed by atoms with E-state index in [1.54, 1.807) is 4.90 Å². The number of anilines is 1. The Morgan fingerprint density at radius 1 is 1.13 bits per heavy atom. The summed E-state index contributed by atoms with van der Waals surface area (Å²) in [6, 6.07) is 15.9. The van der Waals surface area contributed by atoms with Gasteiger partial charge in [-0.1, -0.05) is 75.0 Å². The number of thioether (sulfide) groups is 1. The molecule has 1 amide bonds. The van der Waals surface area contributed by atoms with E-state index in [0.29, 0.717) is 29.1 Å². The van der Waals surface area contributed by atoms with Gasteiger partial charge in [-0.25, -0.2) is 0 Å². The van der Waals surface area contributed by atoms with Crippen molar-refractivity contribution < 1.29 is 9.53 Å². The van der Waals surface area contributed by atoms with E-state index in [4.69, 9.17) is 4.74 Å². The van der Waals surface area contributed by atoms with E-state index in [1.165, 1.54) is 17.3 Å². The summed E-state index contributed by atoms with van der Waals surface area (Å²) in [6.07, 6.45) is 1.60. The lowest BCUT2D eigenvalue weighted by Crippen LogP contribution is -2.37. The van der Waals surface area contributed by atoms with Gasteiger partial charge in [0.25, 0.3) is 0 Å². The Kier molecular flexibility index (Phi) is 5.72. The third kappa shape index (κ3) is 3.65. The summed E-state index contributed by atoms with van der Waals surface area (Å²) in [5, 5.41) is 9.09. The molecule has 1 aliphatic rings. The van der Waals surface area contributed by atoms with Crippen molar-refractivity contribution in [3.05, 3.63) is 59.7 Å². The molecule has 4 rings (SSSR count). The van der Waals surface area contributed by atoms with Crippen molar-refractivity contribution in [3.8, 4) is 17.1 Å². The van der Waals surface area contributed by atoms with Crippen LogP contribution in [0.25, 0.3) is 11.3 Å². The SMILES string of the molecule is CCC(=O)N1c2ccccc2-c2nnc(SC)nc2OC1c1ccc(C(C)C)cc1. The van der Waals surface area contributed by atoms with Crippen molar-refractivity contribution >= 4 is 23.4 Å². The number of nitrogens with zero attached hydrogens (tertiary/aromatic N) is 4. The van der Waals surface area contributed by atoms with E-state index >= 15 is 0 Å². The predicted octanol–water partition coefficient (Wildman–Crippen LogP) is 5.22. The van der Waals surface area contributed by atoms with E-state index < -0.39 is 6.23 Å². The largest absolute Gasteiger partial charge is 0.447 e. The minimum absolute atomic E-state index is 0.0359. The van der Waals surface area contributed by atoms with Crippen LogP contribution in [-0.4, -0.2) is 27.3 Å². The standard InChI is InChI=1S/C23H24N4O2S/c1-5-19(28)27-18-9-7-6-8-17(18)20-21(24-23(30-4)26-25-20)29-22(27)16-12-10-15(11-13-16)14(2)3/h6-14,22H,5H2,1-4H3. The highest BCUT2D eigenvalue weighted by atomic mass is 32.2. The van der Waals surface area contributed by atoms with Crippen LogP contribution in [0.3, 0.4) is 0 Å². The Balaban J connectivity index is 1.92. The lowest BCUT2D eigenvalue weighted by atomic mass is 10.0. The highest BCUT2D eigenvalue weighted by molar-refractivity contribution is 7.98. The monoisotopic (exact) mass is 420 g/mol. The lowest BCUT2D eigenvalue weighted by molar-refractivity contribution is -0.120. The molecule has 1 aromatic heterocycles. The molecule has 1 aliphatic heterocycles. The second-order valence-electron chi connectivity index (χ2n) is 7.38. The van der Waals surface area contributed by atoms with Crippen LogP contribution >= 0.6 is 11.8 Å². The molecule has 0 aliphatic carbocycles. The Labute approximate surface area is 180 Å². The summed E-state index contributed by atoms with van der Waals surface area (Å²) in [4.78, 5) is 19.4. The van der Waals surface area contributed by atoms with Crippen LogP contribution in [0.1, 0.15) is 50.5 Å². The number of rotatable bonds is 4. The van der Waals surface area contributed by atoms with Gasteiger partial charge in [0.15, 0.2) is 5.69 Å². The smallest absolute Gasteiger partial charge is 0.247 e. The van der Waals surface area contributed by atoms with Crippen molar-refractivity contribution in [2.75, 3.05) is 11.2 Å². The maximum absolute atomic E-state index is 13.1. The van der Waals surface area contributed by atoms with E-state index in [-0.39, 0.29) is 5.91 Å². The van der Waals surface area contributed by atoms with Crippen molar-refractivity contribution in [1.29, 1.82) is 0 Å². The number of benzene rings is 2. The highest BCUT2D eigenvalue weighted by Gasteiger charge is 2.35. The van der Waals surface area contributed by atoms with Gasteiger partial charge >= 0.3 is 0 Å². The molecule has 154 valence electrons. The lowest BCUT2D eigenvalue weighted by Gasteiger charge is -2.30. The van der Waals surface area contributed by atoms with E-state index in [1.807, 2.05) is 49.6 Å². The minimum atomic E-state index is -0.646. The van der Waals surface area contributed by atoms with Gasteiger partial charge in [-0.3, -0.25) is 9.69 Å². The molecular weight excluding hydrogens is 396 g/mol. The van der Waals surface area contributed by atoms with Crippen molar-refractivity contribution in [3.63, 3.8) is 0 Å². The molecule has 0 saturated heterocycles. The summed E-state index contributed by atoms with van der Waals surface area (Å²) in [5.74, 6) is 0.766. The second kappa shape index (κ2) is 8.44. The topological polar surface area (TPSA) is 68.2 Å². The Morgan fingerprint density at radius 3 is 2.53 bits per heavy atom. The van der Waals surface area contributed by atoms with Crippen molar-refractivity contribution in [1.82, 2.24) is 15.2 Å². The molecule has 0 fully saturated rings. The maximum Gasteiger partial charge on any atom is 0.247 e. The molecule has 0 saturated carbocycles. The number of hydrogen-bond donors (Lipinski definition) is 0. The Hall–Kier alpha value is -2.93. The Morgan fingerprint density at radius 2 is 1.87 bits per heavy atom. The fourth-order valence-corrected chi connectivity index (χ4v) is 3.80.